The van der Waals surface area contributed by atoms with Crippen LogP contribution in [0.3, 0.4) is 0 Å². The lowest BCUT2D eigenvalue weighted by Gasteiger charge is -2.29. The number of amides is 1. The summed E-state index contributed by atoms with van der Waals surface area (Å²) >= 11 is 0. The van der Waals surface area contributed by atoms with Crippen LogP contribution in [0.25, 0.3) is 0 Å². The number of carbonyl (C=O) groups is 2. The average Bonchev–Trinajstić information content (AvgIpc) is 2.65. The number of ketones is 1. The van der Waals surface area contributed by atoms with Gasteiger partial charge in [0, 0.05) is 7.05 Å². The van der Waals surface area contributed by atoms with Gasteiger partial charge in [-0.3, -0.25) is 9.69 Å². The van der Waals surface area contributed by atoms with Crippen molar-refractivity contribution in [2.75, 3.05) is 27.2 Å². The summed E-state index contributed by atoms with van der Waals surface area (Å²) in [7, 11) is 3.68. The van der Waals surface area contributed by atoms with Crippen LogP contribution < -0.4 is 0 Å². The van der Waals surface area contributed by atoms with E-state index in [1.807, 2.05) is 32.7 Å². The number of carbonyl (C=O) groups excluding carboxylic acids is 2. The van der Waals surface area contributed by atoms with E-state index in [0.29, 0.717) is 13.1 Å². The Balaban J connectivity index is 2.10. The van der Waals surface area contributed by atoms with Crippen LogP contribution in [-0.4, -0.2) is 71.7 Å². The minimum atomic E-state index is -0.522. The van der Waals surface area contributed by atoms with Crippen LogP contribution in [0.2, 0.25) is 0 Å². The molecule has 0 saturated carbocycles. The van der Waals surface area contributed by atoms with E-state index in [1.54, 1.807) is 12.1 Å². The molecule has 0 bridgehead atoms. The first-order chi connectivity index (χ1) is 8.20. The molecule has 0 spiro atoms. The molecular weight excluding hydrogens is 234 g/mol. The number of likely N-dealkylation sites (tertiary alicyclic amines) is 1. The predicted molar refractivity (Wildman–Crippen MR) is 65.9 cm³/mol. The second-order valence-electron chi connectivity index (χ2n) is 6.03. The second kappa shape index (κ2) is 4.20. The topological polar surface area (TPSA) is 53.1 Å². The molecule has 0 N–H and O–H groups in total. The Kier molecular flexibility index (Phi) is 3.11. The molecule has 2 unspecified atom stereocenters. The van der Waals surface area contributed by atoms with Gasteiger partial charge in [-0.2, -0.15) is 0 Å². The van der Waals surface area contributed by atoms with Crippen molar-refractivity contribution in [2.45, 2.75) is 38.5 Å². The van der Waals surface area contributed by atoms with Gasteiger partial charge in [0.25, 0.3) is 0 Å². The van der Waals surface area contributed by atoms with Crippen molar-refractivity contribution < 1.29 is 14.3 Å². The number of hydrogen-bond donors (Lipinski definition) is 0. The normalized spacial score (nSPS) is 29.8. The number of rotatable bonds is 0. The van der Waals surface area contributed by atoms with E-state index in [1.165, 1.54) is 5.01 Å². The highest BCUT2D eigenvalue weighted by Crippen LogP contribution is 2.28. The van der Waals surface area contributed by atoms with Gasteiger partial charge in [-0.15, -0.1) is 0 Å². The van der Waals surface area contributed by atoms with Gasteiger partial charge in [0.2, 0.25) is 0 Å². The van der Waals surface area contributed by atoms with Gasteiger partial charge in [0.15, 0.2) is 5.78 Å². The van der Waals surface area contributed by atoms with E-state index in [4.69, 9.17) is 4.74 Å². The highest BCUT2D eigenvalue weighted by molar-refractivity contribution is 5.90. The molecule has 102 valence electrons. The molecule has 2 heterocycles. The molecule has 2 atom stereocenters. The van der Waals surface area contributed by atoms with Crippen molar-refractivity contribution in [3.05, 3.63) is 0 Å². The molecule has 1 amide bonds. The average molecular weight is 255 g/mol. The fourth-order valence-electron chi connectivity index (χ4n) is 2.58. The van der Waals surface area contributed by atoms with Gasteiger partial charge < -0.3 is 4.74 Å². The number of fused-ring (bicyclic) bond motifs is 1. The molecule has 2 aliphatic rings. The van der Waals surface area contributed by atoms with Gasteiger partial charge >= 0.3 is 6.09 Å². The van der Waals surface area contributed by atoms with Crippen molar-refractivity contribution in [3.8, 4) is 0 Å². The summed E-state index contributed by atoms with van der Waals surface area (Å²) < 4.78 is 5.34. The molecule has 2 fully saturated rings. The van der Waals surface area contributed by atoms with Crippen LogP contribution in [0.4, 0.5) is 4.79 Å². The van der Waals surface area contributed by atoms with Crippen molar-refractivity contribution >= 4 is 11.9 Å². The third kappa shape index (κ3) is 2.22. The molecule has 2 saturated heterocycles. The second-order valence-corrected chi connectivity index (χ2v) is 6.03. The van der Waals surface area contributed by atoms with Crippen LogP contribution >= 0.6 is 0 Å². The maximum Gasteiger partial charge on any atom is 0.425 e. The number of likely N-dealkylation sites (N-methyl/N-ethyl adjacent to an activating group) is 2. The van der Waals surface area contributed by atoms with Crippen molar-refractivity contribution in [1.29, 1.82) is 0 Å². The standard InChI is InChI=1S/C12H21N3O3/c1-12(2,3)18-11(17)15-6-8-10(14(15)5)9(16)7-13(8)4/h8,10H,6-7H2,1-5H3. The summed E-state index contributed by atoms with van der Waals surface area (Å²) in [5.74, 6) is 0.163. The first-order valence-corrected chi connectivity index (χ1v) is 6.17. The van der Waals surface area contributed by atoms with Crippen LogP contribution in [0.15, 0.2) is 0 Å². The van der Waals surface area contributed by atoms with Gasteiger partial charge in [-0.25, -0.2) is 14.8 Å². The van der Waals surface area contributed by atoms with Crippen molar-refractivity contribution in [3.63, 3.8) is 0 Å². The summed E-state index contributed by atoms with van der Waals surface area (Å²) in [5.41, 5.74) is -0.522. The monoisotopic (exact) mass is 255 g/mol. The van der Waals surface area contributed by atoms with E-state index in [9.17, 15) is 9.59 Å². The maximum atomic E-state index is 12.0. The number of Topliss-reactive ketones (excluding diaryl/α,β-unsaturated/α-hetero) is 1. The molecule has 0 aromatic heterocycles. The molecule has 2 rings (SSSR count). The molecule has 18 heavy (non-hydrogen) atoms. The van der Waals surface area contributed by atoms with Crippen LogP contribution in [-0.2, 0) is 9.53 Å². The number of nitrogens with zero attached hydrogens (tertiary/aromatic N) is 3. The lowest BCUT2D eigenvalue weighted by molar-refractivity contribution is -0.123. The molecule has 0 radical (unpaired) electrons. The minimum Gasteiger partial charge on any atom is -0.443 e. The summed E-state index contributed by atoms with van der Waals surface area (Å²) in [6.45, 7) is 6.47. The lowest BCUT2D eigenvalue weighted by atomic mass is 10.1. The van der Waals surface area contributed by atoms with E-state index < -0.39 is 5.60 Å². The van der Waals surface area contributed by atoms with Gasteiger partial charge in [0.1, 0.15) is 11.6 Å². The summed E-state index contributed by atoms with van der Waals surface area (Å²) in [6, 6.07) is -0.141. The Bertz CT molecular complexity index is 377. The third-order valence-electron chi connectivity index (χ3n) is 3.41. The highest BCUT2D eigenvalue weighted by atomic mass is 16.6. The molecular formula is C12H21N3O3. The lowest BCUT2D eigenvalue weighted by Crippen LogP contribution is -2.46. The fourth-order valence-corrected chi connectivity index (χ4v) is 2.58. The quantitative estimate of drug-likeness (QED) is 0.624. The van der Waals surface area contributed by atoms with Gasteiger partial charge in [0.05, 0.1) is 19.1 Å². The zero-order chi connectivity index (χ0) is 13.7. The van der Waals surface area contributed by atoms with Crippen LogP contribution in [0.1, 0.15) is 20.8 Å². The predicted octanol–water partition coefficient (Wildman–Crippen LogP) is 0.336. The Morgan fingerprint density at radius 2 is 1.94 bits per heavy atom. The summed E-state index contributed by atoms with van der Waals surface area (Å²) in [4.78, 5) is 25.9. The highest BCUT2D eigenvalue weighted by Gasteiger charge is 2.51. The number of hydrazine groups is 1. The number of hydrogen-bond acceptors (Lipinski definition) is 5. The zero-order valence-electron chi connectivity index (χ0n) is 11.6. The smallest absolute Gasteiger partial charge is 0.425 e. The SMILES string of the molecule is CN1CC(=O)C2C1CN(C(=O)OC(C)(C)C)N2C. The molecule has 0 aromatic rings. The van der Waals surface area contributed by atoms with E-state index in [2.05, 4.69) is 0 Å². The third-order valence-corrected chi connectivity index (χ3v) is 3.41. The molecule has 6 nitrogen and oxygen atoms in total. The minimum absolute atomic E-state index is 0.0787. The molecule has 0 aromatic carbocycles. The largest absolute Gasteiger partial charge is 0.443 e. The van der Waals surface area contributed by atoms with Crippen LogP contribution in [0.5, 0.6) is 0 Å². The first-order valence-electron chi connectivity index (χ1n) is 6.17. The Morgan fingerprint density at radius 3 is 2.44 bits per heavy atom. The van der Waals surface area contributed by atoms with E-state index in [0.717, 1.165) is 0 Å². The van der Waals surface area contributed by atoms with E-state index in [-0.39, 0.29) is 24.0 Å². The summed E-state index contributed by atoms with van der Waals surface area (Å²) in [5, 5.41) is 3.23. The Morgan fingerprint density at radius 1 is 1.33 bits per heavy atom. The number of ether oxygens (including phenoxy) is 1. The molecule has 6 heteroatoms. The van der Waals surface area contributed by atoms with E-state index >= 15 is 0 Å². The van der Waals surface area contributed by atoms with Crippen molar-refractivity contribution in [1.82, 2.24) is 14.9 Å². The van der Waals surface area contributed by atoms with Gasteiger partial charge in [-0.1, -0.05) is 0 Å². The Hall–Kier alpha value is -1.14. The fraction of sp³-hybridized carbons (Fsp3) is 0.833. The molecule has 2 aliphatic heterocycles. The zero-order valence-corrected chi connectivity index (χ0v) is 11.6. The maximum absolute atomic E-state index is 12.0. The van der Waals surface area contributed by atoms with Crippen LogP contribution in [0, 0.1) is 0 Å². The molecule has 0 aliphatic carbocycles. The van der Waals surface area contributed by atoms with Crippen molar-refractivity contribution in [2.24, 2.45) is 0 Å². The Labute approximate surface area is 107 Å². The first kappa shape index (κ1) is 13.3. The van der Waals surface area contributed by atoms with Gasteiger partial charge in [-0.05, 0) is 27.8 Å². The summed E-state index contributed by atoms with van der Waals surface area (Å²) in [6.07, 6.45) is -0.388.